The zero-order valence-corrected chi connectivity index (χ0v) is 11.6. The highest BCUT2D eigenvalue weighted by Crippen LogP contribution is 2.06. The van der Waals surface area contributed by atoms with Crippen molar-refractivity contribution in [3.8, 4) is 0 Å². The molecule has 1 aliphatic rings. The number of ether oxygens (including phenoxy) is 1. The van der Waals surface area contributed by atoms with Gasteiger partial charge >= 0.3 is 18.0 Å². The van der Waals surface area contributed by atoms with Gasteiger partial charge in [0.1, 0.15) is 6.04 Å². The molecule has 20 heavy (non-hydrogen) atoms. The van der Waals surface area contributed by atoms with Gasteiger partial charge in [-0.2, -0.15) is 0 Å². The molecular formula is C12H21N3O5. The summed E-state index contributed by atoms with van der Waals surface area (Å²) in [6.07, 6.45) is 3.08. The van der Waals surface area contributed by atoms with Crippen LogP contribution in [0.15, 0.2) is 0 Å². The number of nitrogens with one attached hydrogen (secondary N) is 2. The second-order valence-corrected chi connectivity index (χ2v) is 4.64. The van der Waals surface area contributed by atoms with Crippen LogP contribution < -0.4 is 10.7 Å². The third kappa shape index (κ3) is 5.87. The summed E-state index contributed by atoms with van der Waals surface area (Å²) in [4.78, 5) is 33.7. The van der Waals surface area contributed by atoms with Crippen LogP contribution in [0.25, 0.3) is 0 Å². The van der Waals surface area contributed by atoms with E-state index in [1.165, 1.54) is 7.11 Å². The van der Waals surface area contributed by atoms with Gasteiger partial charge in [-0.05, 0) is 19.3 Å². The Labute approximate surface area is 117 Å². The van der Waals surface area contributed by atoms with Gasteiger partial charge in [-0.15, -0.1) is 0 Å². The van der Waals surface area contributed by atoms with E-state index < -0.39 is 24.0 Å². The standard InChI is InChI=1S/C12H21N3O5/c1-20-10(16)6-5-9(11(17)18)13-12(19)14-15-7-3-2-4-8-15/h9H,2-8H2,1H3,(H,17,18)(H2,13,14,19)/t9-/m0/s1. The minimum absolute atomic E-state index is 0.00454. The number of piperidine rings is 1. The number of carboxylic acid groups (broad SMARTS) is 1. The lowest BCUT2D eigenvalue weighted by Crippen LogP contribution is -2.53. The summed E-state index contributed by atoms with van der Waals surface area (Å²) in [6.45, 7) is 1.51. The molecule has 1 saturated heterocycles. The van der Waals surface area contributed by atoms with Gasteiger partial charge in [-0.3, -0.25) is 10.2 Å². The Balaban J connectivity index is 2.37. The quantitative estimate of drug-likeness (QED) is 0.598. The molecule has 0 aromatic heterocycles. The average molecular weight is 287 g/mol. The number of rotatable bonds is 6. The van der Waals surface area contributed by atoms with Gasteiger partial charge < -0.3 is 15.2 Å². The second kappa shape index (κ2) is 8.36. The molecule has 114 valence electrons. The molecule has 1 fully saturated rings. The van der Waals surface area contributed by atoms with Crippen LogP contribution in [0.5, 0.6) is 0 Å². The largest absolute Gasteiger partial charge is 0.480 e. The van der Waals surface area contributed by atoms with Crippen LogP contribution in [-0.2, 0) is 14.3 Å². The molecule has 8 nitrogen and oxygen atoms in total. The van der Waals surface area contributed by atoms with Crippen molar-refractivity contribution in [2.45, 2.75) is 38.1 Å². The summed E-state index contributed by atoms with van der Waals surface area (Å²) in [6, 6.07) is -1.68. The number of urea groups is 1. The third-order valence-corrected chi connectivity index (χ3v) is 3.08. The Morgan fingerprint density at radius 2 is 1.90 bits per heavy atom. The molecule has 1 heterocycles. The van der Waals surface area contributed by atoms with Crippen LogP contribution in [0.2, 0.25) is 0 Å². The maximum atomic E-state index is 11.7. The van der Waals surface area contributed by atoms with Crippen molar-refractivity contribution in [3.05, 3.63) is 0 Å². The summed E-state index contributed by atoms with van der Waals surface area (Å²) in [7, 11) is 1.23. The number of hydrogen-bond acceptors (Lipinski definition) is 5. The molecule has 0 radical (unpaired) electrons. The van der Waals surface area contributed by atoms with Crippen molar-refractivity contribution in [3.63, 3.8) is 0 Å². The minimum Gasteiger partial charge on any atom is -0.480 e. The fourth-order valence-corrected chi connectivity index (χ4v) is 1.96. The van der Waals surface area contributed by atoms with Gasteiger partial charge in [0.25, 0.3) is 0 Å². The second-order valence-electron chi connectivity index (χ2n) is 4.64. The van der Waals surface area contributed by atoms with Crippen LogP contribution >= 0.6 is 0 Å². The number of hydrogen-bond donors (Lipinski definition) is 3. The van der Waals surface area contributed by atoms with E-state index in [-0.39, 0.29) is 12.8 Å². The number of carboxylic acids is 1. The summed E-state index contributed by atoms with van der Waals surface area (Å²) in [5, 5.41) is 13.1. The normalized spacial score (nSPS) is 17.1. The lowest BCUT2D eigenvalue weighted by Gasteiger charge is -2.27. The summed E-state index contributed by atoms with van der Waals surface area (Å²) < 4.78 is 4.44. The van der Waals surface area contributed by atoms with Crippen molar-refractivity contribution < 1.29 is 24.2 Å². The van der Waals surface area contributed by atoms with Crippen molar-refractivity contribution in [1.29, 1.82) is 0 Å². The molecule has 1 aliphatic heterocycles. The Hall–Kier alpha value is -1.83. The van der Waals surface area contributed by atoms with E-state index in [1.54, 1.807) is 5.01 Å². The Bertz CT molecular complexity index is 355. The summed E-state index contributed by atoms with van der Waals surface area (Å²) in [5.41, 5.74) is 2.61. The smallest absolute Gasteiger partial charge is 0.330 e. The molecule has 3 N–H and O–H groups in total. The van der Waals surface area contributed by atoms with Gasteiger partial charge in [0.05, 0.1) is 7.11 Å². The summed E-state index contributed by atoms with van der Waals surface area (Å²) in [5.74, 6) is -1.68. The molecule has 0 saturated carbocycles. The molecule has 0 unspecified atom stereocenters. The predicted molar refractivity (Wildman–Crippen MR) is 69.8 cm³/mol. The average Bonchev–Trinajstić information content (AvgIpc) is 2.43. The number of amides is 2. The lowest BCUT2D eigenvalue weighted by atomic mass is 10.1. The molecule has 1 atom stereocenters. The molecule has 0 aromatic rings. The fraction of sp³-hybridized carbons (Fsp3) is 0.750. The number of esters is 1. The van der Waals surface area contributed by atoms with E-state index in [1.807, 2.05) is 0 Å². The lowest BCUT2D eigenvalue weighted by molar-refractivity contribution is -0.142. The maximum Gasteiger partial charge on any atom is 0.330 e. The van der Waals surface area contributed by atoms with Gasteiger partial charge in [-0.25, -0.2) is 14.6 Å². The van der Waals surface area contributed by atoms with Crippen LogP contribution in [0.1, 0.15) is 32.1 Å². The van der Waals surface area contributed by atoms with E-state index in [2.05, 4.69) is 15.5 Å². The molecule has 2 amide bonds. The highest BCUT2D eigenvalue weighted by molar-refractivity contribution is 5.82. The zero-order chi connectivity index (χ0) is 15.0. The number of nitrogens with zero attached hydrogens (tertiary/aromatic N) is 1. The first-order valence-corrected chi connectivity index (χ1v) is 6.64. The van der Waals surface area contributed by atoms with Gasteiger partial charge in [0.15, 0.2) is 0 Å². The van der Waals surface area contributed by atoms with Crippen LogP contribution in [0.3, 0.4) is 0 Å². The topological polar surface area (TPSA) is 108 Å². The van der Waals surface area contributed by atoms with Crippen molar-refractivity contribution in [2.24, 2.45) is 0 Å². The van der Waals surface area contributed by atoms with E-state index in [0.717, 1.165) is 32.4 Å². The SMILES string of the molecule is COC(=O)CC[C@H](NC(=O)NN1CCCCC1)C(=O)O. The van der Waals surface area contributed by atoms with Crippen molar-refractivity contribution >= 4 is 18.0 Å². The number of methoxy groups -OCH3 is 1. The zero-order valence-electron chi connectivity index (χ0n) is 11.6. The number of aliphatic carboxylic acids is 1. The Morgan fingerprint density at radius 3 is 2.45 bits per heavy atom. The summed E-state index contributed by atoms with van der Waals surface area (Å²) >= 11 is 0. The molecule has 0 aromatic carbocycles. The highest BCUT2D eigenvalue weighted by Gasteiger charge is 2.22. The molecule has 0 aliphatic carbocycles. The van der Waals surface area contributed by atoms with Crippen LogP contribution in [0.4, 0.5) is 4.79 Å². The predicted octanol–water partition coefficient (Wildman–Crippen LogP) is 0.0929. The van der Waals surface area contributed by atoms with Gasteiger partial charge in [0.2, 0.25) is 0 Å². The monoisotopic (exact) mass is 287 g/mol. The molecule has 0 bridgehead atoms. The van der Waals surface area contributed by atoms with Crippen LogP contribution in [0, 0.1) is 0 Å². The fourth-order valence-electron chi connectivity index (χ4n) is 1.96. The van der Waals surface area contributed by atoms with E-state index in [9.17, 15) is 14.4 Å². The first-order chi connectivity index (χ1) is 9.52. The van der Waals surface area contributed by atoms with Crippen molar-refractivity contribution in [2.75, 3.05) is 20.2 Å². The van der Waals surface area contributed by atoms with E-state index in [4.69, 9.17) is 5.11 Å². The minimum atomic E-state index is -1.18. The van der Waals surface area contributed by atoms with E-state index >= 15 is 0 Å². The Morgan fingerprint density at radius 1 is 1.25 bits per heavy atom. The molecule has 8 heteroatoms. The first kappa shape index (κ1) is 16.2. The first-order valence-electron chi connectivity index (χ1n) is 6.64. The van der Waals surface area contributed by atoms with Gasteiger partial charge in [0, 0.05) is 19.5 Å². The maximum absolute atomic E-state index is 11.7. The molecular weight excluding hydrogens is 266 g/mol. The molecule has 0 spiro atoms. The van der Waals surface area contributed by atoms with Crippen LogP contribution in [-0.4, -0.2) is 54.3 Å². The Kier molecular flexibility index (Phi) is 6.78. The third-order valence-electron chi connectivity index (χ3n) is 3.08. The number of carbonyl (C=O) groups excluding carboxylic acids is 2. The van der Waals surface area contributed by atoms with E-state index in [0.29, 0.717) is 0 Å². The number of hydrazine groups is 1. The molecule has 1 rings (SSSR count). The van der Waals surface area contributed by atoms with Gasteiger partial charge in [-0.1, -0.05) is 6.42 Å². The highest BCUT2D eigenvalue weighted by atomic mass is 16.5. The number of carbonyl (C=O) groups is 3. The van der Waals surface area contributed by atoms with Crippen molar-refractivity contribution in [1.82, 2.24) is 15.8 Å².